The fraction of sp³-hybridized carbons (Fsp3) is 0.350. The Kier molecular flexibility index (Phi) is 5.21. The van der Waals surface area contributed by atoms with Crippen molar-refractivity contribution in [3.8, 4) is 5.75 Å². The molecule has 6 heteroatoms. The number of non-ortho nitro benzene ring substituents is 1. The van der Waals surface area contributed by atoms with Crippen LogP contribution in [0.5, 0.6) is 5.75 Å². The minimum atomic E-state index is -0.465. The van der Waals surface area contributed by atoms with Gasteiger partial charge in [-0.25, -0.2) is 0 Å². The molecule has 3 rings (SSSR count). The number of piperidine rings is 1. The van der Waals surface area contributed by atoms with E-state index < -0.39 is 4.92 Å². The van der Waals surface area contributed by atoms with E-state index in [9.17, 15) is 14.9 Å². The van der Waals surface area contributed by atoms with E-state index in [-0.39, 0.29) is 11.5 Å². The molecule has 1 heterocycles. The third kappa shape index (κ3) is 3.69. The van der Waals surface area contributed by atoms with E-state index in [1.807, 2.05) is 0 Å². The van der Waals surface area contributed by atoms with Crippen LogP contribution in [0.25, 0.3) is 0 Å². The van der Waals surface area contributed by atoms with Gasteiger partial charge in [0.2, 0.25) is 0 Å². The van der Waals surface area contributed by atoms with Crippen molar-refractivity contribution in [2.45, 2.75) is 19.8 Å². The molecule has 136 valence electrons. The number of carbonyl (C=O) groups is 1. The van der Waals surface area contributed by atoms with Crippen molar-refractivity contribution in [3.05, 3.63) is 63.7 Å². The van der Waals surface area contributed by atoms with Gasteiger partial charge in [0.1, 0.15) is 5.75 Å². The average molecular weight is 354 g/mol. The van der Waals surface area contributed by atoms with Crippen LogP contribution in [0.2, 0.25) is 0 Å². The molecule has 6 nitrogen and oxygen atoms in total. The zero-order valence-corrected chi connectivity index (χ0v) is 15.0. The number of methoxy groups -OCH3 is 1. The molecule has 0 saturated carbocycles. The molecule has 0 N–H and O–H groups in total. The second-order valence-electron chi connectivity index (χ2n) is 6.69. The molecule has 0 unspecified atom stereocenters. The van der Waals surface area contributed by atoms with E-state index >= 15 is 0 Å². The van der Waals surface area contributed by atoms with Gasteiger partial charge >= 0.3 is 0 Å². The molecule has 1 saturated heterocycles. The fourth-order valence-corrected chi connectivity index (χ4v) is 3.24. The minimum Gasteiger partial charge on any atom is -0.497 e. The predicted molar refractivity (Wildman–Crippen MR) is 100 cm³/mol. The quantitative estimate of drug-likeness (QED) is 0.460. The van der Waals surface area contributed by atoms with Crippen molar-refractivity contribution < 1.29 is 14.5 Å². The number of hydrogen-bond acceptors (Lipinski definition) is 5. The second-order valence-corrected chi connectivity index (χ2v) is 6.69. The van der Waals surface area contributed by atoms with E-state index in [2.05, 4.69) is 11.8 Å². The number of rotatable bonds is 5. The van der Waals surface area contributed by atoms with Crippen LogP contribution in [0.15, 0.2) is 42.5 Å². The third-order valence-corrected chi connectivity index (χ3v) is 4.91. The lowest BCUT2D eigenvalue weighted by Gasteiger charge is -2.33. The van der Waals surface area contributed by atoms with Crippen molar-refractivity contribution in [2.24, 2.45) is 5.92 Å². The molecule has 0 amide bonds. The zero-order chi connectivity index (χ0) is 18.7. The molecule has 26 heavy (non-hydrogen) atoms. The first-order valence-corrected chi connectivity index (χ1v) is 8.71. The SMILES string of the molecule is COc1ccc(C(=O)c2cc([N+](=O)[O-])ccc2N2CCC(C)CC2)cc1. The first-order valence-electron chi connectivity index (χ1n) is 8.71. The van der Waals surface area contributed by atoms with Gasteiger partial charge in [-0.15, -0.1) is 0 Å². The number of nitrogens with zero attached hydrogens (tertiary/aromatic N) is 2. The van der Waals surface area contributed by atoms with Gasteiger partial charge in [-0.1, -0.05) is 6.92 Å². The maximum absolute atomic E-state index is 13.1. The summed E-state index contributed by atoms with van der Waals surface area (Å²) in [6.45, 7) is 3.92. The van der Waals surface area contributed by atoms with Crippen molar-refractivity contribution >= 4 is 17.2 Å². The molecule has 0 bridgehead atoms. The van der Waals surface area contributed by atoms with Gasteiger partial charge in [0.05, 0.1) is 17.6 Å². The van der Waals surface area contributed by atoms with Gasteiger partial charge in [-0.2, -0.15) is 0 Å². The smallest absolute Gasteiger partial charge is 0.270 e. The number of carbonyl (C=O) groups excluding carboxylic acids is 1. The van der Waals surface area contributed by atoms with Gasteiger partial charge < -0.3 is 9.64 Å². The summed E-state index contributed by atoms with van der Waals surface area (Å²) in [5, 5.41) is 11.2. The maximum atomic E-state index is 13.1. The lowest BCUT2D eigenvalue weighted by molar-refractivity contribution is -0.384. The van der Waals surface area contributed by atoms with Crippen LogP contribution in [0.3, 0.4) is 0 Å². The highest BCUT2D eigenvalue weighted by Crippen LogP contribution is 2.31. The largest absolute Gasteiger partial charge is 0.497 e. The molecule has 0 spiro atoms. The molecule has 0 aliphatic carbocycles. The van der Waals surface area contributed by atoms with E-state index in [0.717, 1.165) is 31.6 Å². The third-order valence-electron chi connectivity index (χ3n) is 4.91. The molecule has 1 fully saturated rings. The van der Waals surface area contributed by atoms with Gasteiger partial charge in [0.25, 0.3) is 5.69 Å². The number of nitro groups is 1. The summed E-state index contributed by atoms with van der Waals surface area (Å²) in [5.41, 5.74) is 1.55. The van der Waals surface area contributed by atoms with Crippen LogP contribution < -0.4 is 9.64 Å². The Labute approximate surface area is 152 Å². The van der Waals surface area contributed by atoms with Crippen LogP contribution in [0.4, 0.5) is 11.4 Å². The molecule has 0 aromatic heterocycles. The number of nitro benzene ring substituents is 1. The Morgan fingerprint density at radius 2 is 1.81 bits per heavy atom. The standard InChI is InChI=1S/C20H22N2O4/c1-14-9-11-21(12-10-14)19-8-5-16(22(24)25)13-18(19)20(23)15-3-6-17(26-2)7-4-15/h3-8,13-14H,9-12H2,1-2H3. The van der Waals surface area contributed by atoms with Crippen molar-refractivity contribution in [1.82, 2.24) is 0 Å². The lowest BCUT2D eigenvalue weighted by Crippen LogP contribution is -2.33. The highest BCUT2D eigenvalue weighted by Gasteiger charge is 2.24. The van der Waals surface area contributed by atoms with Gasteiger partial charge in [0, 0.05) is 36.5 Å². The summed E-state index contributed by atoms with van der Waals surface area (Å²) in [7, 11) is 1.56. The van der Waals surface area contributed by atoms with Crippen LogP contribution in [-0.2, 0) is 0 Å². The van der Waals surface area contributed by atoms with Crippen molar-refractivity contribution in [1.29, 1.82) is 0 Å². The highest BCUT2D eigenvalue weighted by atomic mass is 16.6. The van der Waals surface area contributed by atoms with E-state index in [1.54, 1.807) is 37.4 Å². The number of hydrogen-bond donors (Lipinski definition) is 0. The summed E-state index contributed by atoms with van der Waals surface area (Å²) in [4.78, 5) is 25.9. The zero-order valence-electron chi connectivity index (χ0n) is 15.0. The number of anilines is 1. The Morgan fingerprint density at radius 1 is 1.15 bits per heavy atom. The highest BCUT2D eigenvalue weighted by molar-refractivity contribution is 6.12. The van der Waals surface area contributed by atoms with Crippen molar-refractivity contribution in [2.75, 3.05) is 25.1 Å². The van der Waals surface area contributed by atoms with Crippen LogP contribution in [0.1, 0.15) is 35.7 Å². The number of ketones is 1. The monoisotopic (exact) mass is 354 g/mol. The van der Waals surface area contributed by atoms with Gasteiger partial charge in [0.15, 0.2) is 5.78 Å². The fourth-order valence-electron chi connectivity index (χ4n) is 3.24. The average Bonchev–Trinajstić information content (AvgIpc) is 2.67. The molecule has 0 atom stereocenters. The normalized spacial score (nSPS) is 14.9. The van der Waals surface area contributed by atoms with Gasteiger partial charge in [-0.05, 0) is 49.1 Å². The summed E-state index contributed by atoms with van der Waals surface area (Å²) in [6.07, 6.45) is 2.10. The summed E-state index contributed by atoms with van der Waals surface area (Å²) < 4.78 is 5.13. The Balaban J connectivity index is 1.99. The molecule has 2 aromatic rings. The van der Waals surface area contributed by atoms with Gasteiger partial charge in [-0.3, -0.25) is 14.9 Å². The number of ether oxygens (including phenoxy) is 1. The molecule has 2 aromatic carbocycles. The van der Waals surface area contributed by atoms with E-state index in [0.29, 0.717) is 22.8 Å². The second kappa shape index (κ2) is 7.56. The van der Waals surface area contributed by atoms with Crippen LogP contribution in [-0.4, -0.2) is 30.9 Å². The van der Waals surface area contributed by atoms with E-state index in [4.69, 9.17) is 4.74 Å². The summed E-state index contributed by atoms with van der Waals surface area (Å²) >= 11 is 0. The molecule has 1 aliphatic rings. The molecular formula is C20H22N2O4. The first-order chi connectivity index (χ1) is 12.5. The predicted octanol–water partition coefficient (Wildman–Crippen LogP) is 4.07. The summed E-state index contributed by atoms with van der Waals surface area (Å²) in [5.74, 6) is 1.10. The lowest BCUT2D eigenvalue weighted by atomic mass is 9.96. The van der Waals surface area contributed by atoms with Crippen LogP contribution in [0, 0.1) is 16.0 Å². The van der Waals surface area contributed by atoms with Crippen molar-refractivity contribution in [3.63, 3.8) is 0 Å². The summed E-state index contributed by atoms with van der Waals surface area (Å²) in [6, 6.07) is 11.4. The van der Waals surface area contributed by atoms with Crippen LogP contribution >= 0.6 is 0 Å². The minimum absolute atomic E-state index is 0.0732. The Bertz CT molecular complexity index is 809. The van der Waals surface area contributed by atoms with E-state index in [1.165, 1.54) is 12.1 Å². The molecule has 0 radical (unpaired) electrons. The topological polar surface area (TPSA) is 72.7 Å². The Hall–Kier alpha value is -2.89. The molecular weight excluding hydrogens is 332 g/mol. The number of benzene rings is 2. The molecule has 1 aliphatic heterocycles. The maximum Gasteiger partial charge on any atom is 0.270 e. The first kappa shape index (κ1) is 17.9. The Morgan fingerprint density at radius 3 is 2.38 bits per heavy atom.